The molecule has 1 aliphatic heterocycles. The second-order valence-corrected chi connectivity index (χ2v) is 7.31. The molecule has 0 spiro atoms. The van der Waals surface area contributed by atoms with Crippen LogP contribution < -0.4 is 4.72 Å². The number of hydrogen-bond acceptors (Lipinski definition) is 5. The first-order valence-electron chi connectivity index (χ1n) is 6.67. The number of amides is 1. The summed E-state index contributed by atoms with van der Waals surface area (Å²) in [5.41, 5.74) is 0.428. The number of sulfonamides is 1. The van der Waals surface area contributed by atoms with E-state index < -0.39 is 22.2 Å². The van der Waals surface area contributed by atoms with E-state index in [1.165, 1.54) is 4.90 Å². The number of aliphatic hydroxyl groups excluding tert-OH is 1. The molecule has 2 N–H and O–H groups in total. The Morgan fingerprint density at radius 2 is 2.14 bits per heavy atom. The molecule has 2 atom stereocenters. The van der Waals surface area contributed by atoms with Crippen LogP contribution in [0.25, 0.3) is 0 Å². The van der Waals surface area contributed by atoms with Crippen molar-refractivity contribution < 1.29 is 18.3 Å². The molecule has 21 heavy (non-hydrogen) atoms. The minimum absolute atomic E-state index is 0.0384. The predicted octanol–water partition coefficient (Wildman–Crippen LogP) is -0.801. The van der Waals surface area contributed by atoms with Gasteiger partial charge in [-0.05, 0) is 19.9 Å². The Labute approximate surface area is 123 Å². The van der Waals surface area contributed by atoms with E-state index in [0.29, 0.717) is 5.69 Å². The maximum Gasteiger partial charge on any atom is 0.272 e. The zero-order valence-electron chi connectivity index (χ0n) is 12.2. The first-order valence-corrected chi connectivity index (χ1v) is 8.56. The summed E-state index contributed by atoms with van der Waals surface area (Å²) >= 11 is 0. The highest BCUT2D eigenvalue weighted by atomic mass is 32.2. The fraction of sp³-hybridized carbons (Fsp3) is 0.667. The van der Waals surface area contributed by atoms with Crippen LogP contribution in [0.2, 0.25) is 0 Å². The van der Waals surface area contributed by atoms with Crippen LogP contribution >= 0.6 is 0 Å². The maximum absolute atomic E-state index is 12.5. The number of rotatable bonds is 4. The average molecular weight is 316 g/mol. The van der Waals surface area contributed by atoms with Crippen LogP contribution in [0.4, 0.5) is 0 Å². The van der Waals surface area contributed by atoms with Crippen molar-refractivity contribution >= 4 is 15.9 Å². The van der Waals surface area contributed by atoms with E-state index in [1.54, 1.807) is 16.9 Å². The molecule has 1 aromatic heterocycles. The molecule has 118 valence electrons. The Balaban J connectivity index is 2.13. The van der Waals surface area contributed by atoms with Gasteiger partial charge >= 0.3 is 0 Å². The van der Waals surface area contributed by atoms with Gasteiger partial charge in [0.1, 0.15) is 5.69 Å². The second-order valence-electron chi connectivity index (χ2n) is 5.53. The van der Waals surface area contributed by atoms with E-state index >= 15 is 0 Å². The van der Waals surface area contributed by atoms with Gasteiger partial charge < -0.3 is 10.0 Å². The Morgan fingerprint density at radius 1 is 1.48 bits per heavy atom. The van der Waals surface area contributed by atoms with Gasteiger partial charge in [0.2, 0.25) is 10.0 Å². The summed E-state index contributed by atoms with van der Waals surface area (Å²) in [6, 6.07) is 0.974. The average Bonchev–Trinajstić information content (AvgIpc) is 2.94. The predicted molar refractivity (Wildman–Crippen MR) is 76.3 cm³/mol. The van der Waals surface area contributed by atoms with Gasteiger partial charge in [-0.1, -0.05) is 0 Å². The van der Waals surface area contributed by atoms with Gasteiger partial charge in [-0.2, -0.15) is 5.10 Å². The van der Waals surface area contributed by atoms with Crippen molar-refractivity contribution in [1.82, 2.24) is 19.4 Å². The summed E-state index contributed by atoms with van der Waals surface area (Å²) in [6.07, 6.45) is 1.66. The summed E-state index contributed by atoms with van der Waals surface area (Å²) in [4.78, 5) is 13.9. The number of carbonyl (C=O) groups excluding carboxylic acids is 1. The van der Waals surface area contributed by atoms with E-state index in [2.05, 4.69) is 9.82 Å². The minimum atomic E-state index is -3.43. The lowest BCUT2D eigenvalue weighted by Gasteiger charge is -2.18. The molecule has 0 radical (unpaired) electrons. The van der Waals surface area contributed by atoms with E-state index in [0.717, 1.165) is 6.26 Å². The lowest BCUT2D eigenvalue weighted by molar-refractivity contribution is 0.0750. The number of aromatic nitrogens is 2. The normalized spacial score (nSPS) is 23.0. The molecule has 1 aliphatic rings. The molecule has 1 amide bonds. The van der Waals surface area contributed by atoms with E-state index in [4.69, 9.17) is 0 Å². The van der Waals surface area contributed by atoms with Gasteiger partial charge in [0.15, 0.2) is 0 Å². The Morgan fingerprint density at radius 3 is 2.71 bits per heavy atom. The topological polar surface area (TPSA) is 105 Å². The van der Waals surface area contributed by atoms with Gasteiger partial charge in [0, 0.05) is 25.3 Å². The standard InChI is InChI=1S/C12H20N4O4S/c1-8(2)16-10(4-5-13-16)12(18)15-6-9(11(17)7-15)14-21(3,19)20/h4-5,8-9,11,14,17H,6-7H2,1-3H3/t9-,11-/m1/s1. The number of likely N-dealkylation sites (tertiary alicyclic amines) is 1. The lowest BCUT2D eigenvalue weighted by Crippen LogP contribution is -2.42. The Bertz CT molecular complexity index is 625. The molecule has 2 rings (SSSR count). The second kappa shape index (κ2) is 5.74. The fourth-order valence-electron chi connectivity index (χ4n) is 2.40. The molecule has 0 aliphatic carbocycles. The summed E-state index contributed by atoms with van der Waals surface area (Å²) in [7, 11) is -3.43. The van der Waals surface area contributed by atoms with E-state index in [-0.39, 0.29) is 25.0 Å². The molecular weight excluding hydrogens is 296 g/mol. The molecule has 9 heteroatoms. The third-order valence-corrected chi connectivity index (χ3v) is 4.05. The molecule has 1 aromatic rings. The molecule has 8 nitrogen and oxygen atoms in total. The van der Waals surface area contributed by atoms with Crippen LogP contribution in [0.1, 0.15) is 30.4 Å². The number of β-amino-alcohol motifs (C(OH)–C–C–N with tert-alkyl or cyclic N) is 1. The van der Waals surface area contributed by atoms with Crippen molar-refractivity contribution in [1.29, 1.82) is 0 Å². The van der Waals surface area contributed by atoms with Crippen LogP contribution in [0.15, 0.2) is 12.3 Å². The first-order chi connectivity index (χ1) is 9.69. The number of hydrogen-bond donors (Lipinski definition) is 2. The van der Waals surface area contributed by atoms with Crippen LogP contribution in [0.5, 0.6) is 0 Å². The lowest BCUT2D eigenvalue weighted by atomic mass is 10.2. The zero-order valence-corrected chi connectivity index (χ0v) is 13.0. The quantitative estimate of drug-likeness (QED) is 0.756. The maximum atomic E-state index is 12.5. The summed E-state index contributed by atoms with van der Waals surface area (Å²) in [5.74, 6) is -0.266. The van der Waals surface area contributed by atoms with Crippen molar-refractivity contribution in [2.24, 2.45) is 0 Å². The van der Waals surface area contributed by atoms with Gasteiger partial charge in [-0.25, -0.2) is 13.1 Å². The highest BCUT2D eigenvalue weighted by Gasteiger charge is 2.36. The van der Waals surface area contributed by atoms with Gasteiger partial charge in [-0.15, -0.1) is 0 Å². The largest absolute Gasteiger partial charge is 0.390 e. The number of aliphatic hydroxyl groups is 1. The molecule has 2 heterocycles. The first kappa shape index (κ1) is 15.9. The fourth-order valence-corrected chi connectivity index (χ4v) is 3.18. The molecule has 0 unspecified atom stereocenters. The third kappa shape index (κ3) is 3.60. The molecule has 0 saturated carbocycles. The van der Waals surface area contributed by atoms with E-state index in [1.807, 2.05) is 13.8 Å². The van der Waals surface area contributed by atoms with Crippen molar-refractivity contribution in [2.45, 2.75) is 32.0 Å². The number of nitrogens with one attached hydrogen (secondary N) is 1. The van der Waals surface area contributed by atoms with Crippen LogP contribution in [-0.2, 0) is 10.0 Å². The number of carbonyl (C=O) groups is 1. The molecule has 1 fully saturated rings. The van der Waals surface area contributed by atoms with Crippen molar-refractivity contribution in [3.63, 3.8) is 0 Å². The summed E-state index contributed by atoms with van der Waals surface area (Å²) in [6.45, 7) is 4.05. The van der Waals surface area contributed by atoms with Crippen molar-refractivity contribution in [2.75, 3.05) is 19.3 Å². The van der Waals surface area contributed by atoms with Gasteiger partial charge in [-0.3, -0.25) is 9.48 Å². The highest BCUT2D eigenvalue weighted by Crippen LogP contribution is 2.16. The zero-order chi connectivity index (χ0) is 15.8. The Kier molecular flexibility index (Phi) is 4.35. The number of nitrogens with zero attached hydrogens (tertiary/aromatic N) is 3. The van der Waals surface area contributed by atoms with Gasteiger partial charge in [0.25, 0.3) is 5.91 Å². The Hall–Kier alpha value is -1.45. The molecular formula is C12H20N4O4S. The summed E-state index contributed by atoms with van der Waals surface area (Å²) < 4.78 is 26.4. The van der Waals surface area contributed by atoms with Crippen molar-refractivity contribution in [3.05, 3.63) is 18.0 Å². The molecule has 0 aromatic carbocycles. The van der Waals surface area contributed by atoms with Crippen LogP contribution in [-0.4, -0.2) is 65.6 Å². The van der Waals surface area contributed by atoms with Crippen molar-refractivity contribution in [3.8, 4) is 0 Å². The highest BCUT2D eigenvalue weighted by molar-refractivity contribution is 7.88. The SMILES string of the molecule is CC(C)n1nccc1C(=O)N1C[C@@H](O)[C@H](NS(C)(=O)=O)C1. The van der Waals surface area contributed by atoms with E-state index in [9.17, 15) is 18.3 Å². The minimum Gasteiger partial charge on any atom is -0.390 e. The van der Waals surface area contributed by atoms with Gasteiger partial charge in [0.05, 0.1) is 18.4 Å². The van der Waals surface area contributed by atoms with Crippen LogP contribution in [0.3, 0.4) is 0 Å². The molecule has 0 bridgehead atoms. The van der Waals surface area contributed by atoms with Crippen LogP contribution in [0, 0.1) is 0 Å². The molecule has 1 saturated heterocycles. The summed E-state index contributed by atoms with van der Waals surface area (Å²) in [5, 5.41) is 14.0. The monoisotopic (exact) mass is 316 g/mol. The third-order valence-electron chi connectivity index (χ3n) is 3.32. The smallest absolute Gasteiger partial charge is 0.272 e.